The van der Waals surface area contributed by atoms with Gasteiger partial charge in [-0.2, -0.15) is 0 Å². The zero-order valence-electron chi connectivity index (χ0n) is 11.7. The lowest BCUT2D eigenvalue weighted by molar-refractivity contribution is -0.384. The van der Waals surface area contributed by atoms with Crippen molar-refractivity contribution >= 4 is 11.4 Å². The molecule has 0 spiro atoms. The van der Waals surface area contributed by atoms with Crippen LogP contribution < -0.4 is 10.1 Å². The Morgan fingerprint density at radius 3 is 2.67 bits per heavy atom. The normalized spacial score (nSPS) is 10.2. The minimum absolute atomic E-state index is 0.151. The van der Waals surface area contributed by atoms with E-state index >= 15 is 0 Å². The number of hydrogen-bond donors (Lipinski definition) is 1. The number of anilines is 1. The maximum Gasteiger partial charge on any atom is 0.292 e. The molecule has 21 heavy (non-hydrogen) atoms. The Labute approximate surface area is 121 Å². The Kier molecular flexibility index (Phi) is 4.37. The Bertz CT molecular complexity index is 674. The maximum absolute atomic E-state index is 13.2. The van der Waals surface area contributed by atoms with Crippen LogP contribution in [0.2, 0.25) is 0 Å². The number of halogens is 1. The molecule has 0 fully saturated rings. The molecule has 0 unspecified atom stereocenters. The second-order valence-corrected chi connectivity index (χ2v) is 4.58. The number of methoxy groups -OCH3 is 1. The lowest BCUT2D eigenvalue weighted by Crippen LogP contribution is -2.03. The van der Waals surface area contributed by atoms with E-state index in [2.05, 4.69) is 5.32 Å². The summed E-state index contributed by atoms with van der Waals surface area (Å²) in [6, 6.07) is 8.93. The fraction of sp³-hybridized carbons (Fsp3) is 0.200. The van der Waals surface area contributed by atoms with Crippen molar-refractivity contribution in [1.29, 1.82) is 0 Å². The van der Waals surface area contributed by atoms with Crippen molar-refractivity contribution in [2.24, 2.45) is 0 Å². The van der Waals surface area contributed by atoms with E-state index in [0.29, 0.717) is 6.54 Å². The predicted molar refractivity (Wildman–Crippen MR) is 78.1 cm³/mol. The molecule has 0 saturated heterocycles. The molecule has 6 heteroatoms. The highest BCUT2D eigenvalue weighted by molar-refractivity contribution is 5.61. The summed E-state index contributed by atoms with van der Waals surface area (Å²) in [5.41, 5.74) is 1.90. The lowest BCUT2D eigenvalue weighted by atomic mass is 10.1. The van der Waals surface area contributed by atoms with Crippen molar-refractivity contribution in [3.8, 4) is 5.75 Å². The number of hydrogen-bond acceptors (Lipinski definition) is 4. The molecule has 0 bridgehead atoms. The van der Waals surface area contributed by atoms with Crippen molar-refractivity contribution in [3.63, 3.8) is 0 Å². The third-order valence-corrected chi connectivity index (χ3v) is 3.10. The highest BCUT2D eigenvalue weighted by Gasteiger charge is 2.14. The fourth-order valence-corrected chi connectivity index (χ4v) is 2.06. The van der Waals surface area contributed by atoms with E-state index in [1.165, 1.54) is 0 Å². The minimum Gasteiger partial charge on any atom is -0.496 e. The molecule has 0 saturated carbocycles. The quantitative estimate of drug-likeness (QED) is 0.674. The summed E-state index contributed by atoms with van der Waals surface area (Å²) in [4.78, 5) is 10.4. The van der Waals surface area contributed by atoms with Gasteiger partial charge in [0.1, 0.15) is 17.3 Å². The zero-order valence-corrected chi connectivity index (χ0v) is 11.7. The number of nitro benzene ring substituents is 1. The third kappa shape index (κ3) is 3.47. The van der Waals surface area contributed by atoms with Crippen LogP contribution in [0, 0.1) is 22.9 Å². The molecule has 0 amide bonds. The lowest BCUT2D eigenvalue weighted by Gasteiger charge is -2.10. The van der Waals surface area contributed by atoms with Crippen LogP contribution in [0.3, 0.4) is 0 Å². The van der Waals surface area contributed by atoms with E-state index in [-0.39, 0.29) is 11.4 Å². The van der Waals surface area contributed by atoms with Crippen LogP contribution in [-0.4, -0.2) is 12.0 Å². The van der Waals surface area contributed by atoms with Crippen LogP contribution in [0.15, 0.2) is 36.4 Å². The number of ether oxygens (including phenoxy) is 1. The van der Waals surface area contributed by atoms with Gasteiger partial charge in [-0.25, -0.2) is 4.39 Å². The van der Waals surface area contributed by atoms with E-state index in [9.17, 15) is 14.5 Å². The topological polar surface area (TPSA) is 64.4 Å². The maximum atomic E-state index is 13.2. The van der Waals surface area contributed by atoms with Crippen LogP contribution in [0.25, 0.3) is 0 Å². The predicted octanol–water partition coefficient (Wildman–Crippen LogP) is 3.66. The number of nitrogens with zero attached hydrogens (tertiary/aromatic N) is 1. The summed E-state index contributed by atoms with van der Waals surface area (Å²) >= 11 is 0. The molecule has 110 valence electrons. The Morgan fingerprint density at radius 2 is 2.05 bits per heavy atom. The van der Waals surface area contributed by atoms with E-state index in [4.69, 9.17) is 4.74 Å². The first kappa shape index (κ1) is 14.8. The molecule has 2 rings (SSSR count). The van der Waals surface area contributed by atoms with Crippen molar-refractivity contribution in [2.45, 2.75) is 13.5 Å². The first-order valence-electron chi connectivity index (χ1n) is 6.32. The molecule has 0 atom stereocenters. The van der Waals surface area contributed by atoms with Crippen molar-refractivity contribution in [1.82, 2.24) is 0 Å². The van der Waals surface area contributed by atoms with Gasteiger partial charge in [-0.3, -0.25) is 10.1 Å². The molecule has 2 aromatic carbocycles. The SMILES string of the molecule is COc1ccc(CNc2cc(F)ccc2[N+](=O)[O-])cc1C. The van der Waals surface area contributed by atoms with Gasteiger partial charge >= 0.3 is 0 Å². The van der Waals surface area contributed by atoms with Crippen LogP contribution in [-0.2, 0) is 6.54 Å². The highest BCUT2D eigenvalue weighted by Crippen LogP contribution is 2.26. The standard InChI is InChI=1S/C15H15FN2O3/c1-10-7-11(3-6-15(10)21-2)9-17-13-8-12(16)4-5-14(13)18(19)20/h3-8,17H,9H2,1-2H3. The van der Waals surface area contributed by atoms with Gasteiger partial charge in [0, 0.05) is 18.7 Å². The number of benzene rings is 2. The molecule has 0 aliphatic rings. The van der Waals surface area contributed by atoms with Gasteiger partial charge in [0.2, 0.25) is 0 Å². The summed E-state index contributed by atoms with van der Waals surface area (Å²) in [6.07, 6.45) is 0. The summed E-state index contributed by atoms with van der Waals surface area (Å²) in [7, 11) is 1.59. The first-order valence-corrected chi connectivity index (χ1v) is 6.32. The van der Waals surface area contributed by atoms with Crippen LogP contribution >= 0.6 is 0 Å². The van der Waals surface area contributed by atoms with Crippen molar-refractivity contribution in [3.05, 3.63) is 63.5 Å². The minimum atomic E-state index is -0.541. The van der Waals surface area contributed by atoms with Gasteiger partial charge in [-0.1, -0.05) is 12.1 Å². The molecule has 0 aliphatic carbocycles. The van der Waals surface area contributed by atoms with Crippen molar-refractivity contribution in [2.75, 3.05) is 12.4 Å². The van der Waals surface area contributed by atoms with Gasteiger partial charge in [0.05, 0.1) is 12.0 Å². The largest absolute Gasteiger partial charge is 0.496 e. The van der Waals surface area contributed by atoms with Gasteiger partial charge in [-0.05, 0) is 30.2 Å². The van der Waals surface area contributed by atoms with Gasteiger partial charge in [-0.15, -0.1) is 0 Å². The molecule has 0 aliphatic heterocycles. The number of aryl methyl sites for hydroxylation is 1. The number of nitro groups is 1. The monoisotopic (exact) mass is 290 g/mol. The number of rotatable bonds is 5. The molecule has 2 aromatic rings. The molecular formula is C15H15FN2O3. The zero-order chi connectivity index (χ0) is 15.4. The third-order valence-electron chi connectivity index (χ3n) is 3.10. The molecule has 0 radical (unpaired) electrons. The van der Waals surface area contributed by atoms with Crippen LogP contribution in [0.1, 0.15) is 11.1 Å². The average molecular weight is 290 g/mol. The summed E-state index contributed by atoms with van der Waals surface area (Å²) in [5, 5.41) is 13.8. The Hall–Kier alpha value is -2.63. The molecule has 0 aromatic heterocycles. The highest BCUT2D eigenvalue weighted by atomic mass is 19.1. The van der Waals surface area contributed by atoms with Crippen LogP contribution in [0.5, 0.6) is 5.75 Å². The van der Waals surface area contributed by atoms with E-state index in [1.54, 1.807) is 7.11 Å². The molecular weight excluding hydrogens is 275 g/mol. The van der Waals surface area contributed by atoms with E-state index < -0.39 is 10.7 Å². The van der Waals surface area contributed by atoms with Crippen LogP contribution in [0.4, 0.5) is 15.8 Å². The smallest absolute Gasteiger partial charge is 0.292 e. The molecule has 0 heterocycles. The Morgan fingerprint density at radius 1 is 1.29 bits per heavy atom. The van der Waals surface area contributed by atoms with Gasteiger partial charge in [0.25, 0.3) is 5.69 Å². The Balaban J connectivity index is 2.18. The fourth-order valence-electron chi connectivity index (χ4n) is 2.06. The average Bonchev–Trinajstić information content (AvgIpc) is 2.45. The molecule has 1 N–H and O–H groups in total. The molecule has 5 nitrogen and oxygen atoms in total. The van der Waals surface area contributed by atoms with E-state index in [0.717, 1.165) is 35.1 Å². The van der Waals surface area contributed by atoms with E-state index in [1.807, 2.05) is 25.1 Å². The van der Waals surface area contributed by atoms with Gasteiger partial charge < -0.3 is 10.1 Å². The summed E-state index contributed by atoms with van der Waals surface area (Å²) < 4.78 is 18.4. The second-order valence-electron chi connectivity index (χ2n) is 4.58. The van der Waals surface area contributed by atoms with Gasteiger partial charge in [0.15, 0.2) is 0 Å². The number of nitrogens with one attached hydrogen (secondary N) is 1. The summed E-state index contributed by atoms with van der Waals surface area (Å²) in [5.74, 6) is 0.254. The second kappa shape index (κ2) is 6.21. The van der Waals surface area contributed by atoms with Crippen molar-refractivity contribution < 1.29 is 14.1 Å². The first-order chi connectivity index (χ1) is 10.0. The summed E-state index contributed by atoms with van der Waals surface area (Å²) in [6.45, 7) is 2.27.